The van der Waals surface area contributed by atoms with Crippen molar-refractivity contribution < 1.29 is 14.8 Å². The smallest absolute Gasteiger partial charge is 0.312 e. The Labute approximate surface area is 122 Å². The van der Waals surface area contributed by atoms with Crippen LogP contribution in [-0.4, -0.2) is 50.3 Å². The fraction of sp³-hybridized carbons (Fsp3) is 0.692. The van der Waals surface area contributed by atoms with Crippen molar-refractivity contribution in [2.75, 3.05) is 19.7 Å². The number of piperidine rings is 1. The van der Waals surface area contributed by atoms with Gasteiger partial charge in [-0.1, -0.05) is 0 Å². The average Bonchev–Trinajstić information content (AvgIpc) is 2.73. The predicted molar refractivity (Wildman–Crippen MR) is 74.7 cm³/mol. The van der Waals surface area contributed by atoms with E-state index in [0.717, 1.165) is 12.8 Å². The van der Waals surface area contributed by atoms with Crippen LogP contribution in [0.4, 0.5) is 5.69 Å². The second-order valence-corrected chi connectivity index (χ2v) is 5.46. The van der Waals surface area contributed by atoms with Crippen LogP contribution in [0, 0.1) is 29.9 Å². The molecule has 1 aliphatic heterocycles. The third-order valence-electron chi connectivity index (χ3n) is 3.94. The van der Waals surface area contributed by atoms with Crippen molar-refractivity contribution >= 4 is 11.6 Å². The van der Waals surface area contributed by atoms with Crippen LogP contribution in [-0.2, 0) is 11.3 Å². The molecule has 1 atom stereocenters. The van der Waals surface area contributed by atoms with E-state index in [1.54, 1.807) is 18.7 Å². The molecule has 0 bridgehead atoms. The van der Waals surface area contributed by atoms with Crippen molar-refractivity contribution in [1.82, 2.24) is 14.7 Å². The molecule has 0 aliphatic carbocycles. The van der Waals surface area contributed by atoms with E-state index in [9.17, 15) is 20.0 Å². The van der Waals surface area contributed by atoms with E-state index in [0.29, 0.717) is 24.5 Å². The number of hydrogen-bond donors (Lipinski definition) is 1. The highest BCUT2D eigenvalue weighted by Gasteiger charge is 2.26. The summed E-state index contributed by atoms with van der Waals surface area (Å²) in [4.78, 5) is 24.5. The second kappa shape index (κ2) is 6.21. The van der Waals surface area contributed by atoms with Gasteiger partial charge in [-0.3, -0.25) is 19.6 Å². The van der Waals surface area contributed by atoms with Crippen LogP contribution < -0.4 is 0 Å². The summed E-state index contributed by atoms with van der Waals surface area (Å²) in [5.41, 5.74) is 0.674. The molecule has 0 saturated carbocycles. The molecule has 1 aromatic rings. The topological polar surface area (TPSA) is 102 Å². The minimum absolute atomic E-state index is 0.00133. The lowest BCUT2D eigenvalue weighted by Crippen LogP contribution is -2.42. The molecule has 8 nitrogen and oxygen atoms in total. The first-order valence-corrected chi connectivity index (χ1v) is 7.01. The highest BCUT2D eigenvalue weighted by molar-refractivity contribution is 5.76. The first kappa shape index (κ1) is 15.4. The Morgan fingerprint density at radius 1 is 1.52 bits per heavy atom. The molecule has 1 aliphatic rings. The van der Waals surface area contributed by atoms with Crippen molar-refractivity contribution in [3.05, 3.63) is 21.5 Å². The van der Waals surface area contributed by atoms with Gasteiger partial charge in [-0.25, -0.2) is 0 Å². The van der Waals surface area contributed by atoms with E-state index in [4.69, 9.17) is 0 Å². The molecule has 8 heteroatoms. The highest BCUT2D eigenvalue weighted by Crippen LogP contribution is 2.22. The molecule has 2 rings (SSSR count). The predicted octanol–water partition coefficient (Wildman–Crippen LogP) is 0.639. The van der Waals surface area contributed by atoms with E-state index < -0.39 is 4.92 Å². The van der Waals surface area contributed by atoms with E-state index in [-0.39, 0.29) is 30.7 Å². The summed E-state index contributed by atoms with van der Waals surface area (Å²) >= 11 is 0. The molecule has 0 radical (unpaired) electrons. The summed E-state index contributed by atoms with van der Waals surface area (Å²) < 4.78 is 1.39. The van der Waals surface area contributed by atoms with Gasteiger partial charge in [0.05, 0.1) is 4.92 Å². The van der Waals surface area contributed by atoms with Crippen LogP contribution in [0.15, 0.2) is 0 Å². The molecule has 1 N–H and O–H groups in total. The van der Waals surface area contributed by atoms with Gasteiger partial charge in [0.1, 0.15) is 17.9 Å². The van der Waals surface area contributed by atoms with Crippen LogP contribution in [0.1, 0.15) is 24.2 Å². The van der Waals surface area contributed by atoms with Crippen molar-refractivity contribution in [2.24, 2.45) is 5.92 Å². The number of nitro groups is 1. The zero-order valence-corrected chi connectivity index (χ0v) is 12.3. The molecule has 1 aromatic heterocycles. The molecule has 21 heavy (non-hydrogen) atoms. The maximum Gasteiger partial charge on any atom is 0.312 e. The summed E-state index contributed by atoms with van der Waals surface area (Å²) in [6.45, 7) is 4.44. The van der Waals surface area contributed by atoms with Crippen LogP contribution in [0.25, 0.3) is 0 Å². The Kier molecular flexibility index (Phi) is 4.56. The molecule has 1 unspecified atom stereocenters. The highest BCUT2D eigenvalue weighted by atomic mass is 16.6. The molecule has 2 heterocycles. The zero-order chi connectivity index (χ0) is 15.6. The van der Waals surface area contributed by atoms with Gasteiger partial charge in [-0.15, -0.1) is 0 Å². The number of hydrogen-bond acceptors (Lipinski definition) is 5. The molecule has 1 fully saturated rings. The average molecular weight is 296 g/mol. The maximum absolute atomic E-state index is 12.3. The van der Waals surface area contributed by atoms with Crippen LogP contribution in [0.5, 0.6) is 0 Å². The standard InChI is InChI=1S/C13H20N4O4/c1-9-13(17(20)21)10(2)16(14-9)7-12(19)15-5-3-4-11(6-15)8-18/h11,18H,3-8H2,1-2H3. The number of amides is 1. The number of aliphatic hydroxyl groups is 1. The van der Waals surface area contributed by atoms with Crippen LogP contribution in [0.2, 0.25) is 0 Å². The van der Waals surface area contributed by atoms with Gasteiger partial charge in [0.2, 0.25) is 5.91 Å². The zero-order valence-electron chi connectivity index (χ0n) is 12.3. The monoisotopic (exact) mass is 296 g/mol. The Morgan fingerprint density at radius 2 is 2.24 bits per heavy atom. The lowest BCUT2D eigenvalue weighted by atomic mass is 9.99. The SMILES string of the molecule is Cc1nn(CC(=O)N2CCCC(CO)C2)c(C)c1[N+](=O)[O-]. The Bertz CT molecular complexity index is 555. The van der Waals surface area contributed by atoms with E-state index in [2.05, 4.69) is 5.10 Å². The van der Waals surface area contributed by atoms with Crippen molar-refractivity contribution in [2.45, 2.75) is 33.2 Å². The van der Waals surface area contributed by atoms with Gasteiger partial charge in [0.25, 0.3) is 0 Å². The van der Waals surface area contributed by atoms with Crippen LogP contribution in [0.3, 0.4) is 0 Å². The Hall–Kier alpha value is -1.96. The second-order valence-electron chi connectivity index (χ2n) is 5.46. The minimum atomic E-state index is -0.471. The summed E-state index contributed by atoms with van der Waals surface area (Å²) in [6.07, 6.45) is 1.79. The Morgan fingerprint density at radius 3 is 2.81 bits per heavy atom. The number of carbonyl (C=O) groups is 1. The third-order valence-corrected chi connectivity index (χ3v) is 3.94. The van der Waals surface area contributed by atoms with E-state index in [1.165, 1.54) is 4.68 Å². The van der Waals surface area contributed by atoms with Crippen molar-refractivity contribution in [1.29, 1.82) is 0 Å². The minimum Gasteiger partial charge on any atom is -0.396 e. The van der Waals surface area contributed by atoms with Gasteiger partial charge in [0, 0.05) is 19.7 Å². The normalized spacial score (nSPS) is 18.8. The lowest BCUT2D eigenvalue weighted by Gasteiger charge is -2.31. The third kappa shape index (κ3) is 3.21. The fourth-order valence-corrected chi connectivity index (χ4v) is 2.77. The molecule has 1 saturated heterocycles. The Balaban J connectivity index is 2.09. The number of aryl methyl sites for hydroxylation is 1. The molecule has 116 valence electrons. The maximum atomic E-state index is 12.3. The first-order chi connectivity index (χ1) is 9.93. The van der Waals surface area contributed by atoms with Crippen molar-refractivity contribution in [3.8, 4) is 0 Å². The quantitative estimate of drug-likeness (QED) is 0.649. The van der Waals surface area contributed by atoms with Crippen LogP contribution >= 0.6 is 0 Å². The van der Waals surface area contributed by atoms with Gasteiger partial charge in [0.15, 0.2) is 0 Å². The summed E-state index contributed by atoms with van der Waals surface area (Å²) in [5.74, 6) is 0.00568. The first-order valence-electron chi connectivity index (χ1n) is 7.01. The summed E-state index contributed by atoms with van der Waals surface area (Å²) in [5, 5.41) is 24.2. The number of nitrogens with zero attached hydrogens (tertiary/aromatic N) is 4. The van der Waals surface area contributed by atoms with E-state index in [1.807, 2.05) is 0 Å². The molecule has 1 amide bonds. The number of likely N-dealkylation sites (tertiary alicyclic amines) is 1. The number of aromatic nitrogens is 2. The molecular weight excluding hydrogens is 276 g/mol. The number of aliphatic hydroxyl groups excluding tert-OH is 1. The van der Waals surface area contributed by atoms with Gasteiger partial charge >= 0.3 is 5.69 Å². The largest absolute Gasteiger partial charge is 0.396 e. The number of rotatable bonds is 4. The number of carbonyl (C=O) groups excluding carboxylic acids is 1. The lowest BCUT2D eigenvalue weighted by molar-refractivity contribution is -0.386. The van der Waals surface area contributed by atoms with Gasteiger partial charge in [-0.05, 0) is 32.6 Å². The molecule has 0 aromatic carbocycles. The molecule has 0 spiro atoms. The van der Waals surface area contributed by atoms with Gasteiger partial charge in [-0.2, -0.15) is 5.10 Å². The summed E-state index contributed by atoms with van der Waals surface area (Å²) in [7, 11) is 0. The fourth-order valence-electron chi connectivity index (χ4n) is 2.77. The molecular formula is C13H20N4O4. The summed E-state index contributed by atoms with van der Waals surface area (Å²) in [6, 6.07) is 0. The van der Waals surface area contributed by atoms with Crippen molar-refractivity contribution in [3.63, 3.8) is 0 Å². The van der Waals surface area contributed by atoms with E-state index >= 15 is 0 Å². The van der Waals surface area contributed by atoms with Gasteiger partial charge < -0.3 is 10.0 Å².